The van der Waals surface area contributed by atoms with Crippen molar-refractivity contribution >= 4 is 55.2 Å². The van der Waals surface area contributed by atoms with Crippen LogP contribution in [-0.4, -0.2) is 17.1 Å². The standard InChI is InChI=1S/C30H23Br2FN2O4S/c1-3-38-29(37)25-17(2)34-30-35(26(25)20-7-5-4-6-8-20)28(36)24(40-30)15-19-13-22(31)27(23(32)14-19)39-16-18-9-11-21(33)12-10-18/h4-15,26H,3,16H2,1-2H3/b24-15-/t26-/m1/s1. The Bertz CT molecular complexity index is 1780. The maximum absolute atomic E-state index is 13.8. The Hall–Kier alpha value is -3.34. The molecule has 0 amide bonds. The minimum Gasteiger partial charge on any atom is -0.487 e. The van der Waals surface area contributed by atoms with Crippen molar-refractivity contribution in [3.8, 4) is 5.75 Å². The highest BCUT2D eigenvalue weighted by Gasteiger charge is 2.33. The van der Waals surface area contributed by atoms with Crippen molar-refractivity contribution in [1.82, 2.24) is 4.57 Å². The minimum atomic E-state index is -0.653. The Balaban J connectivity index is 1.54. The normalized spacial score (nSPS) is 15.0. The smallest absolute Gasteiger partial charge is 0.338 e. The summed E-state index contributed by atoms with van der Waals surface area (Å²) < 4.78 is 27.9. The largest absolute Gasteiger partial charge is 0.487 e. The molecule has 40 heavy (non-hydrogen) atoms. The first-order chi connectivity index (χ1) is 19.3. The van der Waals surface area contributed by atoms with Crippen LogP contribution < -0.4 is 19.6 Å². The molecule has 1 aliphatic heterocycles. The monoisotopic (exact) mass is 684 g/mol. The van der Waals surface area contributed by atoms with Crippen LogP contribution in [0.3, 0.4) is 0 Å². The molecule has 0 unspecified atom stereocenters. The molecule has 0 N–H and O–H groups in total. The summed E-state index contributed by atoms with van der Waals surface area (Å²) in [6.07, 6.45) is 1.79. The van der Waals surface area contributed by atoms with Gasteiger partial charge in [0.05, 0.1) is 37.4 Å². The lowest BCUT2D eigenvalue weighted by molar-refractivity contribution is -0.139. The summed E-state index contributed by atoms with van der Waals surface area (Å²) in [5.41, 5.74) is 3.00. The summed E-state index contributed by atoms with van der Waals surface area (Å²) in [4.78, 5) is 31.9. The number of hydrogen-bond acceptors (Lipinski definition) is 6. The first-order valence-corrected chi connectivity index (χ1v) is 14.8. The molecule has 0 saturated carbocycles. The van der Waals surface area contributed by atoms with Gasteiger partial charge in [-0.1, -0.05) is 53.8 Å². The van der Waals surface area contributed by atoms with Gasteiger partial charge in [0.25, 0.3) is 5.56 Å². The summed E-state index contributed by atoms with van der Waals surface area (Å²) in [5, 5.41) is 0. The van der Waals surface area contributed by atoms with E-state index in [0.29, 0.717) is 35.3 Å². The lowest BCUT2D eigenvalue weighted by atomic mass is 9.96. The molecule has 3 aromatic carbocycles. The van der Waals surface area contributed by atoms with E-state index in [4.69, 9.17) is 9.47 Å². The van der Waals surface area contributed by atoms with Crippen LogP contribution in [0.25, 0.3) is 6.08 Å². The lowest BCUT2D eigenvalue weighted by Gasteiger charge is -2.24. The summed E-state index contributed by atoms with van der Waals surface area (Å²) in [6, 6.07) is 18.6. The van der Waals surface area contributed by atoms with E-state index in [2.05, 4.69) is 36.9 Å². The predicted octanol–water partition coefficient (Wildman–Crippen LogP) is 6.04. The molecule has 1 atom stereocenters. The third-order valence-electron chi connectivity index (χ3n) is 6.25. The fraction of sp³-hybridized carbons (Fsp3) is 0.167. The van der Waals surface area contributed by atoms with E-state index in [-0.39, 0.29) is 24.6 Å². The first-order valence-electron chi connectivity index (χ1n) is 12.4. The molecule has 0 fully saturated rings. The zero-order chi connectivity index (χ0) is 28.4. The van der Waals surface area contributed by atoms with Gasteiger partial charge in [-0.05, 0) is 92.7 Å². The highest BCUT2D eigenvalue weighted by Crippen LogP contribution is 2.36. The maximum Gasteiger partial charge on any atom is 0.338 e. The number of carbonyl (C=O) groups is 1. The number of benzene rings is 3. The third kappa shape index (κ3) is 5.75. The number of rotatable bonds is 7. The van der Waals surface area contributed by atoms with Crippen LogP contribution >= 0.6 is 43.2 Å². The van der Waals surface area contributed by atoms with Gasteiger partial charge in [-0.15, -0.1) is 0 Å². The molecule has 10 heteroatoms. The Morgan fingerprint density at radius 1 is 1.10 bits per heavy atom. The highest BCUT2D eigenvalue weighted by molar-refractivity contribution is 9.11. The quantitative estimate of drug-likeness (QED) is 0.223. The predicted molar refractivity (Wildman–Crippen MR) is 159 cm³/mol. The fourth-order valence-corrected chi connectivity index (χ4v) is 6.93. The van der Waals surface area contributed by atoms with Crippen LogP contribution in [0.15, 0.2) is 96.7 Å². The molecule has 1 aromatic heterocycles. The van der Waals surface area contributed by atoms with Gasteiger partial charge in [0.15, 0.2) is 4.80 Å². The molecule has 2 heterocycles. The van der Waals surface area contributed by atoms with Crippen molar-refractivity contribution in [3.05, 3.63) is 129 Å². The lowest BCUT2D eigenvalue weighted by Crippen LogP contribution is -2.39. The van der Waals surface area contributed by atoms with Gasteiger partial charge in [-0.3, -0.25) is 9.36 Å². The van der Waals surface area contributed by atoms with Gasteiger partial charge in [0, 0.05) is 0 Å². The topological polar surface area (TPSA) is 69.9 Å². The van der Waals surface area contributed by atoms with Crippen molar-refractivity contribution in [1.29, 1.82) is 0 Å². The van der Waals surface area contributed by atoms with E-state index in [9.17, 15) is 14.0 Å². The summed E-state index contributed by atoms with van der Waals surface area (Å²) in [6.45, 7) is 3.99. The van der Waals surface area contributed by atoms with Crippen LogP contribution in [-0.2, 0) is 16.1 Å². The van der Waals surface area contributed by atoms with Gasteiger partial charge in [0.1, 0.15) is 18.2 Å². The Kier molecular flexibility index (Phi) is 8.48. The highest BCUT2D eigenvalue weighted by atomic mass is 79.9. The molecule has 0 radical (unpaired) electrons. The average molecular weight is 686 g/mol. The van der Waals surface area contributed by atoms with Crippen LogP contribution in [0, 0.1) is 5.82 Å². The Morgan fingerprint density at radius 3 is 2.42 bits per heavy atom. The number of ether oxygens (including phenoxy) is 2. The van der Waals surface area contributed by atoms with Gasteiger partial charge < -0.3 is 9.47 Å². The number of aromatic nitrogens is 1. The number of esters is 1. The summed E-state index contributed by atoms with van der Waals surface area (Å²) >= 11 is 8.39. The molecule has 4 aromatic rings. The first kappa shape index (κ1) is 28.2. The van der Waals surface area contributed by atoms with E-state index in [1.165, 1.54) is 23.5 Å². The van der Waals surface area contributed by atoms with E-state index in [0.717, 1.165) is 16.7 Å². The van der Waals surface area contributed by atoms with Gasteiger partial charge in [0.2, 0.25) is 0 Å². The van der Waals surface area contributed by atoms with Crippen molar-refractivity contribution in [3.63, 3.8) is 0 Å². The molecular formula is C30H23Br2FN2O4S. The Labute approximate surface area is 250 Å². The van der Waals surface area contributed by atoms with Crippen molar-refractivity contribution in [2.24, 2.45) is 4.99 Å². The third-order valence-corrected chi connectivity index (χ3v) is 8.41. The van der Waals surface area contributed by atoms with Gasteiger partial charge in [-0.2, -0.15) is 0 Å². The molecule has 0 bridgehead atoms. The second kappa shape index (κ2) is 12.0. The van der Waals surface area contributed by atoms with Crippen LogP contribution in [0.1, 0.15) is 36.6 Å². The summed E-state index contributed by atoms with van der Waals surface area (Å²) in [5.74, 6) is -0.208. The van der Waals surface area contributed by atoms with E-state index < -0.39 is 12.0 Å². The minimum absolute atomic E-state index is 0.217. The van der Waals surface area contributed by atoms with Crippen molar-refractivity contribution in [2.45, 2.75) is 26.5 Å². The van der Waals surface area contributed by atoms with Gasteiger partial charge in [-0.25, -0.2) is 14.2 Å². The van der Waals surface area contributed by atoms with Crippen LogP contribution in [0.5, 0.6) is 5.75 Å². The molecule has 5 rings (SSSR count). The maximum atomic E-state index is 13.8. The van der Waals surface area contributed by atoms with E-state index in [1.54, 1.807) is 36.6 Å². The van der Waals surface area contributed by atoms with Gasteiger partial charge >= 0.3 is 5.97 Å². The molecule has 1 aliphatic rings. The molecule has 0 spiro atoms. The number of nitrogens with zero attached hydrogens (tertiary/aromatic N) is 2. The molecular weight excluding hydrogens is 663 g/mol. The average Bonchev–Trinajstić information content (AvgIpc) is 3.23. The second-order valence-electron chi connectivity index (χ2n) is 8.94. The second-order valence-corrected chi connectivity index (χ2v) is 11.7. The number of fused-ring (bicyclic) bond motifs is 1. The zero-order valence-corrected chi connectivity index (χ0v) is 25.5. The molecule has 0 aliphatic carbocycles. The number of halogens is 3. The zero-order valence-electron chi connectivity index (χ0n) is 21.5. The SMILES string of the molecule is CCOC(=O)C1=C(C)N=c2s/c(=C\c3cc(Br)c(OCc4ccc(F)cc4)c(Br)c3)c(=O)n2[C@@H]1c1ccccc1. The molecule has 204 valence electrons. The van der Waals surface area contributed by atoms with Crippen LogP contribution in [0.4, 0.5) is 4.39 Å². The van der Waals surface area contributed by atoms with E-state index >= 15 is 0 Å². The van der Waals surface area contributed by atoms with Crippen LogP contribution in [0.2, 0.25) is 0 Å². The van der Waals surface area contributed by atoms with E-state index in [1.807, 2.05) is 42.5 Å². The molecule has 0 saturated heterocycles. The number of carbonyl (C=O) groups excluding carboxylic acids is 1. The fourth-order valence-electron chi connectivity index (χ4n) is 4.43. The number of allylic oxidation sites excluding steroid dienone is 1. The van der Waals surface area contributed by atoms with Crippen molar-refractivity contribution < 1.29 is 18.7 Å². The molecule has 6 nitrogen and oxygen atoms in total. The number of hydrogen-bond donors (Lipinski definition) is 0. The number of thiazole rings is 1. The summed E-state index contributed by atoms with van der Waals surface area (Å²) in [7, 11) is 0. The Morgan fingerprint density at radius 2 is 1.77 bits per heavy atom. The van der Waals surface area contributed by atoms with Crippen molar-refractivity contribution in [2.75, 3.05) is 6.61 Å².